The molecule has 2 aromatic heterocycles. The van der Waals surface area contributed by atoms with Gasteiger partial charge in [0, 0.05) is 30.6 Å². The van der Waals surface area contributed by atoms with E-state index >= 15 is 0 Å². The third kappa shape index (κ3) is 2.49. The molecule has 0 aromatic carbocycles. The molecule has 1 aliphatic heterocycles. The van der Waals surface area contributed by atoms with E-state index in [9.17, 15) is 0 Å². The third-order valence-corrected chi connectivity index (χ3v) is 6.06. The summed E-state index contributed by atoms with van der Waals surface area (Å²) < 4.78 is 0. The van der Waals surface area contributed by atoms with Gasteiger partial charge in [0.05, 0.1) is 11.9 Å². The first-order valence-corrected chi connectivity index (χ1v) is 9.05. The van der Waals surface area contributed by atoms with Crippen LogP contribution < -0.4 is 11.1 Å². The number of hydrogen-bond donors (Lipinski definition) is 2. The molecule has 0 bridgehead atoms. The molecular weight excluding hydrogens is 294 g/mol. The van der Waals surface area contributed by atoms with E-state index in [4.69, 9.17) is 10.7 Å². The zero-order valence-corrected chi connectivity index (χ0v) is 13.9. The Morgan fingerprint density at radius 3 is 3.05 bits per heavy atom. The molecule has 2 aromatic rings. The molecule has 5 nitrogen and oxygen atoms in total. The monoisotopic (exact) mass is 317 g/mol. The maximum absolute atomic E-state index is 6.29. The molecule has 1 unspecified atom stereocenters. The summed E-state index contributed by atoms with van der Waals surface area (Å²) in [6.07, 6.45) is 4.87. The summed E-state index contributed by atoms with van der Waals surface area (Å²) >= 11 is 1.83. The Morgan fingerprint density at radius 2 is 2.18 bits per heavy atom. The summed E-state index contributed by atoms with van der Waals surface area (Å²) in [5.41, 5.74) is 7.71. The Morgan fingerprint density at radius 1 is 1.32 bits per heavy atom. The van der Waals surface area contributed by atoms with Gasteiger partial charge in [-0.3, -0.25) is 4.90 Å². The van der Waals surface area contributed by atoms with Crippen molar-refractivity contribution in [1.29, 1.82) is 0 Å². The first-order chi connectivity index (χ1) is 10.7. The zero-order valence-electron chi connectivity index (χ0n) is 13.1. The molecule has 22 heavy (non-hydrogen) atoms. The van der Waals surface area contributed by atoms with Crippen molar-refractivity contribution in [3.05, 3.63) is 16.3 Å². The molecule has 6 heteroatoms. The molecule has 0 saturated carbocycles. The first-order valence-electron chi connectivity index (χ1n) is 8.24. The third-order valence-electron chi connectivity index (χ3n) is 4.87. The molecule has 0 radical (unpaired) electrons. The van der Waals surface area contributed by atoms with Crippen LogP contribution in [-0.4, -0.2) is 40.5 Å². The van der Waals surface area contributed by atoms with Crippen molar-refractivity contribution < 1.29 is 0 Å². The van der Waals surface area contributed by atoms with E-state index in [2.05, 4.69) is 22.1 Å². The molecule has 0 amide bonds. The molecular formula is C16H23N5S. The second kappa shape index (κ2) is 5.76. The number of fused-ring (bicyclic) bond motifs is 3. The molecule has 3 heterocycles. The number of piperazine rings is 1. The Labute approximate surface area is 134 Å². The highest BCUT2D eigenvalue weighted by molar-refractivity contribution is 7.19. The maximum atomic E-state index is 6.29. The molecule has 1 aliphatic carbocycles. The molecule has 4 rings (SSSR count). The predicted molar refractivity (Wildman–Crippen MR) is 91.2 cm³/mol. The Kier molecular flexibility index (Phi) is 3.76. The fourth-order valence-corrected chi connectivity index (χ4v) is 4.89. The minimum Gasteiger partial charge on any atom is -0.383 e. The predicted octanol–water partition coefficient (Wildman–Crippen LogP) is 1.95. The van der Waals surface area contributed by atoms with Gasteiger partial charge >= 0.3 is 0 Å². The molecule has 118 valence electrons. The van der Waals surface area contributed by atoms with E-state index < -0.39 is 0 Å². The van der Waals surface area contributed by atoms with Crippen LogP contribution in [-0.2, 0) is 19.4 Å². The highest BCUT2D eigenvalue weighted by Crippen LogP contribution is 2.37. The van der Waals surface area contributed by atoms with E-state index in [0.29, 0.717) is 11.9 Å². The van der Waals surface area contributed by atoms with E-state index in [-0.39, 0.29) is 0 Å². The van der Waals surface area contributed by atoms with Gasteiger partial charge in [-0.05, 0) is 38.2 Å². The van der Waals surface area contributed by atoms with Gasteiger partial charge in [-0.25, -0.2) is 9.97 Å². The van der Waals surface area contributed by atoms with Gasteiger partial charge in [-0.15, -0.1) is 11.3 Å². The lowest BCUT2D eigenvalue weighted by molar-refractivity contribution is 0.162. The quantitative estimate of drug-likeness (QED) is 0.886. The lowest BCUT2D eigenvalue weighted by Crippen LogP contribution is -2.49. The molecule has 1 saturated heterocycles. The molecule has 3 N–H and O–H groups in total. The van der Waals surface area contributed by atoms with E-state index in [1.54, 1.807) is 0 Å². The lowest BCUT2D eigenvalue weighted by Gasteiger charge is -2.33. The van der Waals surface area contributed by atoms with Crippen molar-refractivity contribution in [2.45, 2.75) is 45.2 Å². The van der Waals surface area contributed by atoms with E-state index in [1.807, 2.05) is 11.3 Å². The average Bonchev–Trinajstić information content (AvgIpc) is 2.88. The lowest BCUT2D eigenvalue weighted by atomic mass is 9.97. The number of nitrogens with one attached hydrogen (secondary N) is 1. The first kappa shape index (κ1) is 14.4. The summed E-state index contributed by atoms with van der Waals surface area (Å²) in [6, 6.07) is 0.519. The number of nitrogens with zero attached hydrogens (tertiary/aromatic N) is 3. The molecule has 1 atom stereocenters. The number of anilines is 1. The maximum Gasteiger partial charge on any atom is 0.146 e. The van der Waals surface area contributed by atoms with E-state index in [1.165, 1.54) is 29.7 Å². The topological polar surface area (TPSA) is 67.1 Å². The normalized spacial score (nSPS) is 22.9. The SMILES string of the molecule is CC1CNCCN1Cc1nc(N)c2c3c(sc2n1)CCCC3. The van der Waals surface area contributed by atoms with Gasteiger partial charge < -0.3 is 11.1 Å². The van der Waals surface area contributed by atoms with Crippen molar-refractivity contribution in [3.8, 4) is 0 Å². The average molecular weight is 317 g/mol. The van der Waals surface area contributed by atoms with Gasteiger partial charge in [0.15, 0.2) is 0 Å². The summed E-state index contributed by atoms with van der Waals surface area (Å²) in [5, 5.41) is 4.56. The highest BCUT2D eigenvalue weighted by atomic mass is 32.1. The molecule has 0 spiro atoms. The number of hydrogen-bond acceptors (Lipinski definition) is 6. The summed E-state index contributed by atoms with van der Waals surface area (Å²) in [5.74, 6) is 1.56. The standard InChI is InChI=1S/C16H23N5S/c1-10-8-18-6-7-21(10)9-13-19-15(17)14-11-4-2-3-5-12(11)22-16(14)20-13/h10,18H,2-9H2,1H3,(H2,17,19,20). The van der Waals surface area contributed by atoms with Crippen LogP contribution in [0, 0.1) is 0 Å². The smallest absolute Gasteiger partial charge is 0.146 e. The fraction of sp³-hybridized carbons (Fsp3) is 0.625. The molecule has 2 aliphatic rings. The van der Waals surface area contributed by atoms with Crippen LogP contribution in [0.15, 0.2) is 0 Å². The van der Waals surface area contributed by atoms with Crippen LogP contribution in [0.1, 0.15) is 36.0 Å². The largest absolute Gasteiger partial charge is 0.383 e. The van der Waals surface area contributed by atoms with Crippen molar-refractivity contribution in [2.24, 2.45) is 0 Å². The summed E-state index contributed by atoms with van der Waals surface area (Å²) in [4.78, 5) is 14.5. The summed E-state index contributed by atoms with van der Waals surface area (Å²) in [7, 11) is 0. The van der Waals surface area contributed by atoms with Crippen LogP contribution in [0.25, 0.3) is 10.2 Å². The van der Waals surface area contributed by atoms with Crippen molar-refractivity contribution in [2.75, 3.05) is 25.4 Å². The van der Waals surface area contributed by atoms with Gasteiger partial charge in [0.2, 0.25) is 0 Å². The highest BCUT2D eigenvalue weighted by Gasteiger charge is 2.22. The minimum absolute atomic E-state index is 0.519. The number of aromatic nitrogens is 2. The van der Waals surface area contributed by atoms with Crippen LogP contribution in [0.2, 0.25) is 0 Å². The van der Waals surface area contributed by atoms with Gasteiger partial charge in [0.1, 0.15) is 16.5 Å². The van der Waals surface area contributed by atoms with Gasteiger partial charge in [-0.2, -0.15) is 0 Å². The number of nitrogens with two attached hydrogens (primary N) is 1. The van der Waals surface area contributed by atoms with Crippen molar-refractivity contribution >= 4 is 27.4 Å². The second-order valence-corrected chi connectivity index (χ2v) is 7.52. The van der Waals surface area contributed by atoms with Crippen LogP contribution in [0.5, 0.6) is 0 Å². The van der Waals surface area contributed by atoms with E-state index in [0.717, 1.165) is 48.6 Å². The number of nitrogen functional groups attached to an aromatic ring is 1. The van der Waals surface area contributed by atoms with Crippen molar-refractivity contribution in [1.82, 2.24) is 20.2 Å². The summed E-state index contributed by atoms with van der Waals surface area (Å²) in [6.45, 7) is 6.16. The Hall–Kier alpha value is -1.24. The number of aryl methyl sites for hydroxylation is 2. The van der Waals surface area contributed by atoms with Gasteiger partial charge in [0.25, 0.3) is 0 Å². The number of rotatable bonds is 2. The molecule has 1 fully saturated rings. The second-order valence-electron chi connectivity index (χ2n) is 6.44. The number of thiophene rings is 1. The fourth-order valence-electron chi connectivity index (χ4n) is 3.60. The minimum atomic E-state index is 0.519. The zero-order chi connectivity index (χ0) is 15.1. The van der Waals surface area contributed by atoms with Crippen LogP contribution in [0.3, 0.4) is 0 Å². The Balaban J connectivity index is 1.68. The van der Waals surface area contributed by atoms with Crippen molar-refractivity contribution in [3.63, 3.8) is 0 Å². The van der Waals surface area contributed by atoms with Crippen LogP contribution >= 0.6 is 11.3 Å². The van der Waals surface area contributed by atoms with Gasteiger partial charge in [-0.1, -0.05) is 0 Å². The Bertz CT molecular complexity index is 695. The van der Waals surface area contributed by atoms with Crippen LogP contribution in [0.4, 0.5) is 5.82 Å².